The van der Waals surface area contributed by atoms with Gasteiger partial charge in [-0.15, -0.1) is 0 Å². The van der Waals surface area contributed by atoms with E-state index in [4.69, 9.17) is 4.74 Å². The van der Waals surface area contributed by atoms with Crippen molar-refractivity contribution >= 4 is 17.5 Å². The molecule has 0 spiro atoms. The first-order valence-corrected chi connectivity index (χ1v) is 9.24. The molecule has 4 rings (SSSR count). The zero-order chi connectivity index (χ0) is 19.5. The Balaban J connectivity index is 1.28. The van der Waals surface area contributed by atoms with Crippen LogP contribution in [0.2, 0.25) is 0 Å². The molecule has 0 N–H and O–H groups in total. The van der Waals surface area contributed by atoms with Gasteiger partial charge >= 0.3 is 5.97 Å². The molecule has 2 aromatic heterocycles. The van der Waals surface area contributed by atoms with Crippen molar-refractivity contribution in [3.05, 3.63) is 71.9 Å². The number of amides is 1. The number of carbonyl (C=O) groups excluding carboxylic acids is 2. The van der Waals surface area contributed by atoms with Crippen molar-refractivity contribution in [1.29, 1.82) is 0 Å². The largest absolute Gasteiger partial charge is 0.459 e. The van der Waals surface area contributed by atoms with Gasteiger partial charge < -0.3 is 14.0 Å². The first-order chi connectivity index (χ1) is 13.6. The van der Waals surface area contributed by atoms with E-state index in [-0.39, 0.29) is 30.2 Å². The molecule has 0 aliphatic carbocycles. The first kappa shape index (κ1) is 18.2. The minimum Gasteiger partial charge on any atom is -0.459 e. The predicted octanol–water partition coefficient (Wildman–Crippen LogP) is 3.07. The molecule has 0 bridgehead atoms. The number of hydrogen-bond acceptors (Lipinski definition) is 4. The summed E-state index contributed by atoms with van der Waals surface area (Å²) in [7, 11) is 0. The monoisotopic (exact) mass is 381 g/mol. The van der Waals surface area contributed by atoms with Gasteiger partial charge in [-0.1, -0.05) is 6.07 Å². The maximum absolute atomic E-state index is 13.0. The van der Waals surface area contributed by atoms with Crippen molar-refractivity contribution in [1.82, 2.24) is 14.3 Å². The standard InChI is InChI=1S/C21H20FN3O3/c22-17-6-4-15(5-7-17)20(26)24-11-8-16(9-12-24)21(27)28-14-18-13-25-10-2-1-3-19(25)23-18/h1-7,10,13,16H,8-9,11-12,14H2. The lowest BCUT2D eigenvalue weighted by Crippen LogP contribution is -2.40. The van der Waals surface area contributed by atoms with Gasteiger partial charge in [0, 0.05) is 31.0 Å². The highest BCUT2D eigenvalue weighted by Crippen LogP contribution is 2.21. The molecule has 0 atom stereocenters. The van der Waals surface area contributed by atoms with E-state index < -0.39 is 0 Å². The van der Waals surface area contributed by atoms with Crippen LogP contribution >= 0.6 is 0 Å². The Morgan fingerprint density at radius 1 is 1.11 bits per heavy atom. The summed E-state index contributed by atoms with van der Waals surface area (Å²) in [5.74, 6) is -1.000. The molecule has 7 heteroatoms. The molecule has 1 aromatic carbocycles. The number of carbonyl (C=O) groups is 2. The maximum Gasteiger partial charge on any atom is 0.309 e. The summed E-state index contributed by atoms with van der Waals surface area (Å²) >= 11 is 0. The average Bonchev–Trinajstić information content (AvgIpc) is 3.15. The summed E-state index contributed by atoms with van der Waals surface area (Å²) in [5, 5.41) is 0. The summed E-state index contributed by atoms with van der Waals surface area (Å²) in [6.07, 6.45) is 4.84. The number of halogens is 1. The van der Waals surface area contributed by atoms with E-state index in [2.05, 4.69) is 4.98 Å². The third-order valence-electron chi connectivity index (χ3n) is 4.98. The quantitative estimate of drug-likeness (QED) is 0.652. The van der Waals surface area contributed by atoms with E-state index in [9.17, 15) is 14.0 Å². The van der Waals surface area contributed by atoms with Gasteiger partial charge in [-0.05, 0) is 49.2 Å². The van der Waals surface area contributed by atoms with Gasteiger partial charge in [-0.3, -0.25) is 9.59 Å². The zero-order valence-corrected chi connectivity index (χ0v) is 15.3. The van der Waals surface area contributed by atoms with Crippen molar-refractivity contribution in [3.8, 4) is 0 Å². The van der Waals surface area contributed by atoms with Gasteiger partial charge in [0.05, 0.1) is 11.6 Å². The molecule has 0 unspecified atom stereocenters. The second-order valence-corrected chi connectivity index (χ2v) is 6.88. The number of likely N-dealkylation sites (tertiary alicyclic amines) is 1. The fraction of sp³-hybridized carbons (Fsp3) is 0.286. The third kappa shape index (κ3) is 3.88. The highest BCUT2D eigenvalue weighted by Gasteiger charge is 2.29. The SMILES string of the molecule is O=C(OCc1cn2ccccc2n1)C1CCN(C(=O)c2ccc(F)cc2)CC1. The van der Waals surface area contributed by atoms with Crippen molar-refractivity contribution in [2.24, 2.45) is 5.92 Å². The van der Waals surface area contributed by atoms with Crippen molar-refractivity contribution in [2.45, 2.75) is 19.4 Å². The smallest absolute Gasteiger partial charge is 0.309 e. The average molecular weight is 381 g/mol. The Bertz CT molecular complexity index is 959. The Hall–Kier alpha value is -3.22. The fourth-order valence-corrected chi connectivity index (χ4v) is 3.41. The molecular weight excluding hydrogens is 361 g/mol. The number of hydrogen-bond donors (Lipinski definition) is 0. The van der Waals surface area contributed by atoms with Gasteiger partial charge in [0.15, 0.2) is 0 Å². The van der Waals surface area contributed by atoms with Gasteiger partial charge in [0.2, 0.25) is 0 Å². The highest BCUT2D eigenvalue weighted by molar-refractivity contribution is 5.94. The second kappa shape index (κ2) is 7.80. The number of esters is 1. The number of aromatic nitrogens is 2. The molecule has 144 valence electrons. The van der Waals surface area contributed by atoms with Crippen LogP contribution in [0.5, 0.6) is 0 Å². The normalized spacial score (nSPS) is 15.0. The molecule has 28 heavy (non-hydrogen) atoms. The third-order valence-corrected chi connectivity index (χ3v) is 4.98. The van der Waals surface area contributed by atoms with Gasteiger partial charge in [-0.2, -0.15) is 0 Å². The highest BCUT2D eigenvalue weighted by atomic mass is 19.1. The molecule has 0 saturated carbocycles. The molecule has 1 saturated heterocycles. The second-order valence-electron chi connectivity index (χ2n) is 6.88. The fourth-order valence-electron chi connectivity index (χ4n) is 3.41. The van der Waals surface area contributed by atoms with Crippen LogP contribution in [0.25, 0.3) is 5.65 Å². The molecule has 1 aliphatic heterocycles. The summed E-state index contributed by atoms with van der Waals surface area (Å²) in [6.45, 7) is 1.09. The lowest BCUT2D eigenvalue weighted by Gasteiger charge is -2.31. The number of benzene rings is 1. The maximum atomic E-state index is 13.0. The van der Waals surface area contributed by atoms with Gasteiger partial charge in [0.25, 0.3) is 5.91 Å². The minimum absolute atomic E-state index is 0.134. The van der Waals surface area contributed by atoms with Crippen LogP contribution in [0.1, 0.15) is 28.9 Å². The zero-order valence-electron chi connectivity index (χ0n) is 15.3. The molecule has 1 fully saturated rings. The lowest BCUT2D eigenvalue weighted by atomic mass is 9.96. The number of nitrogens with zero attached hydrogens (tertiary/aromatic N) is 3. The van der Waals surface area contributed by atoms with Crippen LogP contribution in [0.4, 0.5) is 4.39 Å². The van der Waals surface area contributed by atoms with E-state index in [1.165, 1.54) is 24.3 Å². The summed E-state index contributed by atoms with van der Waals surface area (Å²) in [5.41, 5.74) is 1.96. The Kier molecular flexibility index (Phi) is 5.06. The van der Waals surface area contributed by atoms with Crippen LogP contribution in [0.3, 0.4) is 0 Å². The van der Waals surface area contributed by atoms with Crippen LogP contribution in [-0.4, -0.2) is 39.3 Å². The van der Waals surface area contributed by atoms with Crippen molar-refractivity contribution in [3.63, 3.8) is 0 Å². The van der Waals surface area contributed by atoms with Crippen LogP contribution < -0.4 is 0 Å². The summed E-state index contributed by atoms with van der Waals surface area (Å²) < 4.78 is 20.3. The molecular formula is C21H20FN3O3. The van der Waals surface area contributed by atoms with E-state index in [0.717, 1.165) is 5.65 Å². The van der Waals surface area contributed by atoms with Gasteiger partial charge in [-0.25, -0.2) is 9.37 Å². The first-order valence-electron chi connectivity index (χ1n) is 9.24. The topological polar surface area (TPSA) is 63.9 Å². The number of ether oxygens (including phenoxy) is 1. The number of imidazole rings is 1. The number of pyridine rings is 1. The molecule has 3 aromatic rings. The number of fused-ring (bicyclic) bond motifs is 1. The van der Waals surface area contributed by atoms with E-state index in [1.54, 1.807) is 4.90 Å². The Morgan fingerprint density at radius 3 is 2.57 bits per heavy atom. The van der Waals surface area contributed by atoms with Crippen LogP contribution in [0.15, 0.2) is 54.9 Å². The number of rotatable bonds is 4. The molecule has 6 nitrogen and oxygen atoms in total. The number of piperidine rings is 1. The van der Waals surface area contributed by atoms with E-state index >= 15 is 0 Å². The molecule has 1 aliphatic rings. The molecule has 0 radical (unpaired) electrons. The molecule has 1 amide bonds. The Morgan fingerprint density at radius 2 is 1.86 bits per heavy atom. The van der Waals surface area contributed by atoms with Crippen LogP contribution in [0, 0.1) is 11.7 Å². The minimum atomic E-state index is -0.372. The molecule has 3 heterocycles. The Labute approximate surface area is 161 Å². The summed E-state index contributed by atoms with van der Waals surface area (Å²) in [6, 6.07) is 11.2. The summed E-state index contributed by atoms with van der Waals surface area (Å²) in [4.78, 5) is 30.9. The van der Waals surface area contributed by atoms with Gasteiger partial charge in [0.1, 0.15) is 18.1 Å². The lowest BCUT2D eigenvalue weighted by molar-refractivity contribution is -0.151. The van der Waals surface area contributed by atoms with Crippen molar-refractivity contribution in [2.75, 3.05) is 13.1 Å². The van der Waals surface area contributed by atoms with Crippen molar-refractivity contribution < 1.29 is 18.7 Å². The predicted molar refractivity (Wildman–Crippen MR) is 100 cm³/mol. The van der Waals surface area contributed by atoms with Crippen LogP contribution in [-0.2, 0) is 16.1 Å². The van der Waals surface area contributed by atoms with E-state index in [0.29, 0.717) is 37.2 Å². The van der Waals surface area contributed by atoms with E-state index in [1.807, 2.05) is 35.0 Å².